The summed E-state index contributed by atoms with van der Waals surface area (Å²) in [6.45, 7) is 0.526. The van der Waals surface area contributed by atoms with Crippen molar-refractivity contribution in [1.82, 2.24) is 15.1 Å². The number of carbonyl (C=O) groups excluding carboxylic acids is 1. The molecule has 5 nitrogen and oxygen atoms in total. The maximum Gasteiger partial charge on any atom is 0.233 e. The summed E-state index contributed by atoms with van der Waals surface area (Å²) in [5, 5.41) is 8.64. The minimum Gasteiger partial charge on any atom is -0.374 e. The average molecular weight is 329 g/mol. The molecule has 0 fully saturated rings. The van der Waals surface area contributed by atoms with Gasteiger partial charge in [-0.2, -0.15) is 0 Å². The van der Waals surface area contributed by atoms with Crippen LogP contribution in [-0.4, -0.2) is 33.8 Å². The smallest absolute Gasteiger partial charge is 0.233 e. The molecule has 8 heteroatoms. The number of nitrogens with zero attached hydrogens (tertiary/aromatic N) is 3. The first-order valence-corrected chi connectivity index (χ1v) is 7.93. The zero-order chi connectivity index (χ0) is 14.5. The van der Waals surface area contributed by atoms with Crippen LogP contribution < -0.4 is 5.73 Å². The molecule has 2 rings (SSSR count). The van der Waals surface area contributed by atoms with Crippen LogP contribution in [0.4, 0.5) is 5.13 Å². The van der Waals surface area contributed by atoms with E-state index in [2.05, 4.69) is 10.2 Å². The fourth-order valence-electron chi connectivity index (χ4n) is 1.51. The van der Waals surface area contributed by atoms with E-state index in [1.165, 1.54) is 23.1 Å². The van der Waals surface area contributed by atoms with Crippen LogP contribution in [0.15, 0.2) is 28.6 Å². The number of carbonyl (C=O) groups is 1. The fourth-order valence-corrected chi connectivity index (χ4v) is 3.30. The van der Waals surface area contributed by atoms with Crippen molar-refractivity contribution in [2.45, 2.75) is 10.9 Å². The lowest BCUT2D eigenvalue weighted by molar-refractivity contribution is -0.127. The zero-order valence-electron chi connectivity index (χ0n) is 10.7. The van der Waals surface area contributed by atoms with E-state index in [0.29, 0.717) is 26.8 Å². The number of hydrogen-bond donors (Lipinski definition) is 1. The van der Waals surface area contributed by atoms with Crippen molar-refractivity contribution in [3.63, 3.8) is 0 Å². The van der Waals surface area contributed by atoms with E-state index in [1.54, 1.807) is 11.9 Å². The Kier molecular flexibility index (Phi) is 5.22. The molecule has 0 saturated heterocycles. The first-order valence-electron chi connectivity index (χ1n) is 5.75. The molecule has 0 saturated carbocycles. The molecule has 106 valence electrons. The van der Waals surface area contributed by atoms with Crippen LogP contribution in [0.25, 0.3) is 0 Å². The Morgan fingerprint density at radius 1 is 1.50 bits per heavy atom. The minimum absolute atomic E-state index is 0.0174. The predicted octanol–water partition coefficient (Wildman–Crippen LogP) is 2.52. The topological polar surface area (TPSA) is 72.1 Å². The molecule has 0 aliphatic rings. The van der Waals surface area contributed by atoms with Crippen LogP contribution in [0.1, 0.15) is 5.56 Å². The monoisotopic (exact) mass is 328 g/mol. The van der Waals surface area contributed by atoms with Crippen molar-refractivity contribution >= 4 is 45.7 Å². The molecular weight excluding hydrogens is 316 g/mol. The molecule has 1 amide bonds. The summed E-state index contributed by atoms with van der Waals surface area (Å²) in [4.78, 5) is 13.7. The largest absolute Gasteiger partial charge is 0.374 e. The summed E-state index contributed by atoms with van der Waals surface area (Å²) in [6, 6.07) is 7.47. The van der Waals surface area contributed by atoms with E-state index in [-0.39, 0.29) is 5.91 Å². The number of thioether (sulfide) groups is 1. The van der Waals surface area contributed by atoms with Crippen LogP contribution in [0, 0.1) is 0 Å². The highest BCUT2D eigenvalue weighted by Crippen LogP contribution is 2.23. The van der Waals surface area contributed by atoms with Crippen molar-refractivity contribution in [1.29, 1.82) is 0 Å². The lowest BCUT2D eigenvalue weighted by atomic mass is 10.2. The summed E-state index contributed by atoms with van der Waals surface area (Å²) < 4.78 is 0.701. The van der Waals surface area contributed by atoms with Gasteiger partial charge in [-0.3, -0.25) is 4.79 Å². The molecule has 0 bridgehead atoms. The van der Waals surface area contributed by atoms with Crippen LogP contribution in [0.5, 0.6) is 0 Å². The molecule has 2 aromatic rings. The van der Waals surface area contributed by atoms with Crippen LogP contribution in [0.2, 0.25) is 5.02 Å². The Labute approximate surface area is 130 Å². The lowest BCUT2D eigenvalue weighted by Crippen LogP contribution is -2.27. The Hall–Kier alpha value is -1.31. The van der Waals surface area contributed by atoms with E-state index >= 15 is 0 Å². The Bertz CT molecular complexity index is 605. The van der Waals surface area contributed by atoms with Gasteiger partial charge in [-0.05, 0) is 17.7 Å². The first-order chi connectivity index (χ1) is 9.54. The predicted molar refractivity (Wildman–Crippen MR) is 83.0 cm³/mol. The maximum atomic E-state index is 12.0. The number of benzene rings is 1. The number of anilines is 1. The van der Waals surface area contributed by atoms with E-state index < -0.39 is 0 Å². The Morgan fingerprint density at radius 2 is 2.30 bits per heavy atom. The third-order valence-corrected chi connectivity index (χ3v) is 4.58. The number of nitrogen functional groups attached to an aromatic ring is 1. The number of hydrogen-bond acceptors (Lipinski definition) is 6. The number of rotatable bonds is 5. The highest BCUT2D eigenvalue weighted by Gasteiger charge is 2.12. The second-order valence-corrected chi connectivity index (χ2v) is 6.74. The van der Waals surface area contributed by atoms with Crippen molar-refractivity contribution in [2.24, 2.45) is 0 Å². The van der Waals surface area contributed by atoms with Crippen LogP contribution in [-0.2, 0) is 11.3 Å². The van der Waals surface area contributed by atoms with Gasteiger partial charge in [0.15, 0.2) is 4.34 Å². The molecule has 0 spiro atoms. The highest BCUT2D eigenvalue weighted by molar-refractivity contribution is 8.01. The summed E-state index contributed by atoms with van der Waals surface area (Å²) in [5.41, 5.74) is 6.48. The van der Waals surface area contributed by atoms with E-state index in [1.807, 2.05) is 24.3 Å². The first kappa shape index (κ1) is 15.1. The SMILES string of the molecule is CN(Cc1cccc(Cl)c1)C(=O)CSc1nnc(N)s1. The molecule has 0 atom stereocenters. The number of nitrogens with two attached hydrogens (primary N) is 1. The summed E-state index contributed by atoms with van der Waals surface area (Å²) in [7, 11) is 1.76. The standard InChI is InChI=1S/C12H13ClN4OS2/c1-17(6-8-3-2-4-9(13)5-8)10(18)7-19-12-16-15-11(14)20-12/h2-5H,6-7H2,1H3,(H2,14,15). The lowest BCUT2D eigenvalue weighted by Gasteiger charge is -2.16. The summed E-state index contributed by atoms with van der Waals surface area (Å²) in [6.07, 6.45) is 0. The Balaban J connectivity index is 1.85. The molecule has 0 unspecified atom stereocenters. The van der Waals surface area contributed by atoms with Gasteiger partial charge in [0.25, 0.3) is 0 Å². The van der Waals surface area contributed by atoms with Crippen molar-refractivity contribution in [3.8, 4) is 0 Å². The maximum absolute atomic E-state index is 12.0. The van der Waals surface area contributed by atoms with Crippen molar-refractivity contribution < 1.29 is 4.79 Å². The zero-order valence-corrected chi connectivity index (χ0v) is 13.1. The van der Waals surface area contributed by atoms with E-state index in [4.69, 9.17) is 17.3 Å². The van der Waals surface area contributed by atoms with Gasteiger partial charge >= 0.3 is 0 Å². The van der Waals surface area contributed by atoms with Gasteiger partial charge in [-0.15, -0.1) is 10.2 Å². The van der Waals surface area contributed by atoms with Gasteiger partial charge in [-0.25, -0.2) is 0 Å². The molecule has 0 aliphatic carbocycles. The molecule has 0 aliphatic heterocycles. The molecule has 1 heterocycles. The normalized spacial score (nSPS) is 10.5. The summed E-state index contributed by atoms with van der Waals surface area (Å²) in [5.74, 6) is 0.329. The van der Waals surface area contributed by atoms with E-state index in [0.717, 1.165) is 5.56 Å². The molecule has 1 aromatic carbocycles. The van der Waals surface area contributed by atoms with Gasteiger partial charge in [0.05, 0.1) is 5.75 Å². The molecular formula is C12H13ClN4OS2. The quantitative estimate of drug-likeness (QED) is 0.854. The molecule has 2 N–H and O–H groups in total. The summed E-state index contributed by atoms with van der Waals surface area (Å²) >= 11 is 8.53. The second kappa shape index (κ2) is 6.92. The van der Waals surface area contributed by atoms with Gasteiger partial charge in [-0.1, -0.05) is 46.8 Å². The molecule has 0 radical (unpaired) electrons. The number of aromatic nitrogens is 2. The third kappa shape index (κ3) is 4.36. The minimum atomic E-state index is 0.0174. The molecule has 1 aromatic heterocycles. The van der Waals surface area contributed by atoms with Gasteiger partial charge in [0, 0.05) is 18.6 Å². The average Bonchev–Trinajstić information content (AvgIpc) is 2.81. The fraction of sp³-hybridized carbons (Fsp3) is 0.250. The van der Waals surface area contributed by atoms with Crippen molar-refractivity contribution in [2.75, 3.05) is 18.5 Å². The van der Waals surface area contributed by atoms with Crippen LogP contribution >= 0.6 is 34.7 Å². The van der Waals surface area contributed by atoms with Gasteiger partial charge in [0.1, 0.15) is 0 Å². The van der Waals surface area contributed by atoms with Crippen LogP contribution in [0.3, 0.4) is 0 Å². The van der Waals surface area contributed by atoms with E-state index in [9.17, 15) is 4.79 Å². The second-order valence-electron chi connectivity index (χ2n) is 4.07. The Morgan fingerprint density at radius 3 is 2.95 bits per heavy atom. The number of halogens is 1. The number of amides is 1. The van der Waals surface area contributed by atoms with Crippen molar-refractivity contribution in [3.05, 3.63) is 34.9 Å². The molecule has 20 heavy (non-hydrogen) atoms. The highest BCUT2D eigenvalue weighted by atomic mass is 35.5. The van der Waals surface area contributed by atoms with Gasteiger partial charge < -0.3 is 10.6 Å². The van der Waals surface area contributed by atoms with Gasteiger partial charge in [0.2, 0.25) is 11.0 Å². The third-order valence-electron chi connectivity index (χ3n) is 2.48.